The number of fused-ring (bicyclic) bond motifs is 1. The number of carbonyl (C=O) groups excluding carboxylic acids is 1. The topological polar surface area (TPSA) is 64.3 Å². The van der Waals surface area contributed by atoms with Gasteiger partial charge >= 0.3 is 0 Å². The van der Waals surface area contributed by atoms with E-state index in [4.69, 9.17) is 10.6 Å². The van der Waals surface area contributed by atoms with E-state index in [0.717, 1.165) is 10.8 Å². The van der Waals surface area contributed by atoms with Gasteiger partial charge in [0.1, 0.15) is 0 Å². The van der Waals surface area contributed by atoms with Crippen molar-refractivity contribution in [1.82, 2.24) is 5.48 Å². The highest BCUT2D eigenvalue weighted by atomic mass is 16.6. The number of benzene rings is 2. The van der Waals surface area contributed by atoms with Gasteiger partial charge in [0.15, 0.2) is 0 Å². The summed E-state index contributed by atoms with van der Waals surface area (Å²) in [5, 5.41) is 1.99. The molecule has 4 heteroatoms. The maximum atomic E-state index is 11.8. The van der Waals surface area contributed by atoms with Crippen LogP contribution in [0.4, 0.5) is 5.69 Å². The SMILES string of the molecule is CCONC(=O)c1cc2ccccc2cc1N. The van der Waals surface area contributed by atoms with Gasteiger partial charge in [-0.25, -0.2) is 5.48 Å². The van der Waals surface area contributed by atoms with Crippen molar-refractivity contribution < 1.29 is 9.63 Å². The van der Waals surface area contributed by atoms with Crippen molar-refractivity contribution >= 4 is 22.4 Å². The normalized spacial score (nSPS) is 10.4. The van der Waals surface area contributed by atoms with Gasteiger partial charge in [-0.2, -0.15) is 0 Å². The second-order valence-corrected chi connectivity index (χ2v) is 3.65. The summed E-state index contributed by atoms with van der Waals surface area (Å²) >= 11 is 0. The average Bonchev–Trinajstić information content (AvgIpc) is 2.35. The standard InChI is InChI=1S/C13H14N2O2/c1-2-17-15-13(16)11-7-9-5-3-4-6-10(9)8-12(11)14/h3-8H,2,14H2,1H3,(H,15,16). The molecule has 2 rings (SSSR count). The quantitative estimate of drug-likeness (QED) is 0.627. The van der Waals surface area contributed by atoms with E-state index in [1.807, 2.05) is 24.3 Å². The second-order valence-electron chi connectivity index (χ2n) is 3.65. The number of nitrogens with one attached hydrogen (secondary N) is 1. The van der Waals surface area contributed by atoms with Crippen molar-refractivity contribution in [2.45, 2.75) is 6.92 Å². The van der Waals surface area contributed by atoms with E-state index >= 15 is 0 Å². The van der Waals surface area contributed by atoms with E-state index in [0.29, 0.717) is 17.9 Å². The van der Waals surface area contributed by atoms with Crippen LogP contribution in [-0.4, -0.2) is 12.5 Å². The number of nitrogens with two attached hydrogens (primary N) is 1. The Hall–Kier alpha value is -2.07. The minimum atomic E-state index is -0.324. The van der Waals surface area contributed by atoms with Gasteiger partial charge in [-0.3, -0.25) is 9.63 Å². The molecule has 0 aliphatic carbocycles. The number of amides is 1. The highest BCUT2D eigenvalue weighted by molar-refractivity contribution is 6.03. The van der Waals surface area contributed by atoms with Gasteiger partial charge in [-0.05, 0) is 29.8 Å². The van der Waals surface area contributed by atoms with Crippen LogP contribution >= 0.6 is 0 Å². The van der Waals surface area contributed by atoms with Gasteiger partial charge in [0.2, 0.25) is 0 Å². The average molecular weight is 230 g/mol. The van der Waals surface area contributed by atoms with Crippen LogP contribution in [0.25, 0.3) is 10.8 Å². The van der Waals surface area contributed by atoms with Gasteiger partial charge in [-0.15, -0.1) is 0 Å². The lowest BCUT2D eigenvalue weighted by Crippen LogP contribution is -2.24. The first-order valence-corrected chi connectivity index (χ1v) is 5.42. The maximum Gasteiger partial charge on any atom is 0.276 e. The van der Waals surface area contributed by atoms with E-state index in [-0.39, 0.29) is 5.91 Å². The first-order valence-electron chi connectivity index (χ1n) is 5.42. The number of hydroxylamine groups is 1. The van der Waals surface area contributed by atoms with Crippen LogP contribution < -0.4 is 11.2 Å². The molecule has 17 heavy (non-hydrogen) atoms. The molecular weight excluding hydrogens is 216 g/mol. The zero-order valence-electron chi connectivity index (χ0n) is 9.57. The summed E-state index contributed by atoms with van der Waals surface area (Å²) in [6.07, 6.45) is 0. The van der Waals surface area contributed by atoms with Crippen molar-refractivity contribution in [3.05, 3.63) is 42.0 Å². The summed E-state index contributed by atoms with van der Waals surface area (Å²) in [5.74, 6) is -0.324. The molecule has 3 N–H and O–H groups in total. The summed E-state index contributed by atoms with van der Waals surface area (Å²) in [6, 6.07) is 11.3. The Bertz CT molecular complexity index is 552. The molecule has 0 radical (unpaired) electrons. The van der Waals surface area contributed by atoms with Gasteiger partial charge < -0.3 is 5.73 Å². The lowest BCUT2D eigenvalue weighted by molar-refractivity contribution is 0.0365. The molecule has 0 bridgehead atoms. The monoisotopic (exact) mass is 230 g/mol. The van der Waals surface area contributed by atoms with E-state index in [1.54, 1.807) is 19.1 Å². The van der Waals surface area contributed by atoms with Crippen LogP contribution in [0.2, 0.25) is 0 Å². The molecule has 2 aromatic rings. The molecular formula is C13H14N2O2. The third kappa shape index (κ3) is 2.37. The molecule has 0 aromatic heterocycles. The number of hydrogen-bond donors (Lipinski definition) is 2. The highest BCUT2D eigenvalue weighted by Crippen LogP contribution is 2.21. The molecule has 0 heterocycles. The number of hydrogen-bond acceptors (Lipinski definition) is 3. The van der Waals surface area contributed by atoms with Gasteiger partial charge in [0.05, 0.1) is 12.2 Å². The fourth-order valence-electron chi connectivity index (χ4n) is 1.65. The highest BCUT2D eigenvalue weighted by Gasteiger charge is 2.10. The largest absolute Gasteiger partial charge is 0.398 e. The fourth-order valence-corrected chi connectivity index (χ4v) is 1.65. The Labute approximate surface area is 99.3 Å². The molecule has 0 aliphatic rings. The molecule has 0 atom stereocenters. The van der Waals surface area contributed by atoms with Crippen molar-refractivity contribution in [1.29, 1.82) is 0 Å². The molecule has 0 fully saturated rings. The Morgan fingerprint density at radius 1 is 1.29 bits per heavy atom. The van der Waals surface area contributed by atoms with Crippen molar-refractivity contribution in [2.24, 2.45) is 0 Å². The van der Waals surface area contributed by atoms with E-state index in [2.05, 4.69) is 5.48 Å². The van der Waals surface area contributed by atoms with Crippen LogP contribution in [0.1, 0.15) is 17.3 Å². The van der Waals surface area contributed by atoms with E-state index in [9.17, 15) is 4.79 Å². The summed E-state index contributed by atoms with van der Waals surface area (Å²) < 4.78 is 0. The molecule has 88 valence electrons. The lowest BCUT2D eigenvalue weighted by atomic mass is 10.0. The molecule has 0 saturated carbocycles. The Morgan fingerprint density at radius 3 is 2.59 bits per heavy atom. The minimum absolute atomic E-state index is 0.324. The van der Waals surface area contributed by atoms with Crippen LogP contribution in [-0.2, 0) is 4.84 Å². The zero-order valence-corrected chi connectivity index (χ0v) is 9.57. The summed E-state index contributed by atoms with van der Waals surface area (Å²) in [6.45, 7) is 2.21. The molecule has 2 aromatic carbocycles. The van der Waals surface area contributed by atoms with Crippen molar-refractivity contribution in [3.63, 3.8) is 0 Å². The third-order valence-corrected chi connectivity index (χ3v) is 2.47. The molecule has 1 amide bonds. The Kier molecular flexibility index (Phi) is 3.25. The third-order valence-electron chi connectivity index (χ3n) is 2.47. The first-order chi connectivity index (χ1) is 8.22. The van der Waals surface area contributed by atoms with Crippen LogP contribution in [0.3, 0.4) is 0 Å². The van der Waals surface area contributed by atoms with Crippen molar-refractivity contribution in [2.75, 3.05) is 12.3 Å². The maximum absolute atomic E-state index is 11.8. The van der Waals surface area contributed by atoms with Gasteiger partial charge in [-0.1, -0.05) is 24.3 Å². The number of anilines is 1. The smallest absolute Gasteiger partial charge is 0.276 e. The second kappa shape index (κ2) is 4.84. The first kappa shape index (κ1) is 11.4. The predicted octanol–water partition coefficient (Wildman–Crippen LogP) is 2.10. The number of rotatable bonds is 3. The fraction of sp³-hybridized carbons (Fsp3) is 0.154. The lowest BCUT2D eigenvalue weighted by Gasteiger charge is -2.08. The number of carbonyl (C=O) groups is 1. The summed E-state index contributed by atoms with van der Waals surface area (Å²) in [5.41, 5.74) is 9.05. The predicted molar refractivity (Wildman–Crippen MR) is 67.5 cm³/mol. The Balaban J connectivity index is 2.40. The summed E-state index contributed by atoms with van der Waals surface area (Å²) in [7, 11) is 0. The van der Waals surface area contributed by atoms with Gasteiger partial charge in [0, 0.05) is 5.69 Å². The zero-order chi connectivity index (χ0) is 12.3. The molecule has 0 unspecified atom stereocenters. The molecule has 0 saturated heterocycles. The van der Waals surface area contributed by atoms with Crippen molar-refractivity contribution in [3.8, 4) is 0 Å². The van der Waals surface area contributed by atoms with Gasteiger partial charge in [0.25, 0.3) is 5.91 Å². The summed E-state index contributed by atoms with van der Waals surface area (Å²) in [4.78, 5) is 16.6. The minimum Gasteiger partial charge on any atom is -0.398 e. The molecule has 0 aliphatic heterocycles. The van der Waals surface area contributed by atoms with E-state index in [1.165, 1.54) is 0 Å². The van der Waals surface area contributed by atoms with E-state index < -0.39 is 0 Å². The molecule has 0 spiro atoms. The number of nitrogen functional groups attached to an aromatic ring is 1. The van der Waals surface area contributed by atoms with Crippen LogP contribution in [0.15, 0.2) is 36.4 Å². The van der Waals surface area contributed by atoms with Crippen LogP contribution in [0.5, 0.6) is 0 Å². The Morgan fingerprint density at radius 2 is 1.94 bits per heavy atom. The molecule has 4 nitrogen and oxygen atoms in total. The van der Waals surface area contributed by atoms with Crippen LogP contribution in [0, 0.1) is 0 Å².